The first-order chi connectivity index (χ1) is 16.9. The molecule has 0 aliphatic heterocycles. The van der Waals surface area contributed by atoms with Crippen LogP contribution in [0.25, 0.3) is 0 Å². The number of anilines is 1. The van der Waals surface area contributed by atoms with Crippen molar-refractivity contribution in [2.75, 3.05) is 5.32 Å². The molecular formula is C27H23F4N3O. The molecule has 1 unspecified atom stereocenters. The third kappa shape index (κ3) is 6.15. The van der Waals surface area contributed by atoms with E-state index in [0.717, 1.165) is 28.8 Å². The zero-order valence-electron chi connectivity index (χ0n) is 18.6. The number of alkyl halides is 4. The molecule has 2 aromatic carbocycles. The minimum absolute atomic E-state index is 0.371. The lowest BCUT2D eigenvalue weighted by atomic mass is 9.85. The lowest BCUT2D eigenvalue weighted by molar-refractivity contribution is -0.605. The standard InChI is InChI=1S/C27H23F4N3O/c28-26(29)22-8-6-20(15-24(22)27(30)31)23(14-18-10-12-34(35)13-11-18)21-7-9-25(33-17-21)32-16-19-4-2-1-3-5-19/h1-13,15,17,23,26-27H,14,16H2,(H,32,33). The van der Waals surface area contributed by atoms with Crippen molar-refractivity contribution in [3.63, 3.8) is 0 Å². The third-order valence-electron chi connectivity index (χ3n) is 5.80. The minimum atomic E-state index is -3.03. The van der Waals surface area contributed by atoms with Gasteiger partial charge < -0.3 is 10.5 Å². The molecule has 4 nitrogen and oxygen atoms in total. The number of rotatable bonds is 9. The highest BCUT2D eigenvalue weighted by atomic mass is 19.3. The molecule has 0 bridgehead atoms. The largest absolute Gasteiger partial charge is 0.619 e. The van der Waals surface area contributed by atoms with Crippen molar-refractivity contribution in [3.8, 4) is 0 Å². The van der Waals surface area contributed by atoms with Gasteiger partial charge in [-0.15, -0.1) is 0 Å². The lowest BCUT2D eigenvalue weighted by Crippen LogP contribution is -2.24. The van der Waals surface area contributed by atoms with Crippen LogP contribution >= 0.6 is 0 Å². The molecule has 2 aromatic heterocycles. The fraction of sp³-hybridized carbons (Fsp3) is 0.185. The minimum Gasteiger partial charge on any atom is -0.619 e. The van der Waals surface area contributed by atoms with Crippen LogP contribution in [0.1, 0.15) is 52.1 Å². The number of nitrogens with one attached hydrogen (secondary N) is 1. The summed E-state index contributed by atoms with van der Waals surface area (Å²) in [7, 11) is 0. The van der Waals surface area contributed by atoms with E-state index in [1.807, 2.05) is 36.4 Å². The Balaban J connectivity index is 1.64. The molecule has 0 saturated heterocycles. The highest BCUT2D eigenvalue weighted by molar-refractivity contribution is 5.43. The van der Waals surface area contributed by atoms with Gasteiger partial charge in [-0.25, -0.2) is 22.5 Å². The van der Waals surface area contributed by atoms with Gasteiger partial charge in [0.25, 0.3) is 12.9 Å². The molecule has 4 rings (SSSR count). The quantitative estimate of drug-likeness (QED) is 0.167. The predicted molar refractivity (Wildman–Crippen MR) is 125 cm³/mol. The molecule has 0 radical (unpaired) electrons. The number of hydrogen-bond acceptors (Lipinski definition) is 3. The molecular weight excluding hydrogens is 458 g/mol. The van der Waals surface area contributed by atoms with Gasteiger partial charge >= 0.3 is 0 Å². The molecule has 8 heteroatoms. The van der Waals surface area contributed by atoms with Crippen LogP contribution in [0.2, 0.25) is 0 Å². The van der Waals surface area contributed by atoms with E-state index >= 15 is 0 Å². The second-order valence-corrected chi connectivity index (χ2v) is 8.13. The molecule has 0 spiro atoms. The molecule has 0 aliphatic rings. The highest BCUT2D eigenvalue weighted by Gasteiger charge is 2.23. The van der Waals surface area contributed by atoms with Gasteiger partial charge in [0.05, 0.1) is 0 Å². The van der Waals surface area contributed by atoms with E-state index in [9.17, 15) is 22.8 Å². The van der Waals surface area contributed by atoms with Crippen molar-refractivity contribution >= 4 is 5.82 Å². The number of nitrogens with zero attached hydrogens (tertiary/aromatic N) is 2. The summed E-state index contributed by atoms with van der Waals surface area (Å²) in [6, 6.07) is 20.4. The van der Waals surface area contributed by atoms with Crippen LogP contribution in [0.5, 0.6) is 0 Å². The Morgan fingerprint density at radius 3 is 2.09 bits per heavy atom. The Labute approximate surface area is 200 Å². The molecule has 1 N–H and O–H groups in total. The first-order valence-electron chi connectivity index (χ1n) is 11.0. The summed E-state index contributed by atoms with van der Waals surface area (Å²) in [5.74, 6) is 0.210. The second-order valence-electron chi connectivity index (χ2n) is 8.13. The normalized spacial score (nSPS) is 12.2. The topological polar surface area (TPSA) is 51.9 Å². The van der Waals surface area contributed by atoms with Gasteiger partial charge in [0, 0.05) is 41.9 Å². The van der Waals surface area contributed by atoms with E-state index < -0.39 is 29.9 Å². The first-order valence-corrected chi connectivity index (χ1v) is 11.0. The molecule has 0 amide bonds. The average molecular weight is 481 g/mol. The van der Waals surface area contributed by atoms with E-state index in [-0.39, 0.29) is 0 Å². The Morgan fingerprint density at radius 1 is 0.771 bits per heavy atom. The molecule has 0 aliphatic carbocycles. The predicted octanol–water partition coefficient (Wildman–Crippen LogP) is 6.58. The smallest absolute Gasteiger partial charge is 0.264 e. The second kappa shape index (κ2) is 11.0. The SMILES string of the molecule is [O-][n+]1ccc(CC(c2ccc(NCc3ccccc3)nc2)c2ccc(C(F)F)c(C(F)F)c2)cc1. The van der Waals surface area contributed by atoms with Gasteiger partial charge in [0.2, 0.25) is 0 Å². The molecule has 2 heterocycles. The molecule has 35 heavy (non-hydrogen) atoms. The zero-order valence-corrected chi connectivity index (χ0v) is 18.6. The number of aromatic nitrogens is 2. The molecule has 0 fully saturated rings. The molecule has 180 valence electrons. The fourth-order valence-electron chi connectivity index (χ4n) is 3.95. The highest BCUT2D eigenvalue weighted by Crippen LogP contribution is 2.36. The van der Waals surface area contributed by atoms with E-state index in [1.165, 1.54) is 18.5 Å². The van der Waals surface area contributed by atoms with Crippen molar-refractivity contribution in [2.24, 2.45) is 0 Å². The number of halogens is 4. The van der Waals surface area contributed by atoms with Gasteiger partial charge in [-0.3, -0.25) is 0 Å². The summed E-state index contributed by atoms with van der Waals surface area (Å²) in [5, 5.41) is 14.7. The van der Waals surface area contributed by atoms with Crippen LogP contribution in [-0.4, -0.2) is 4.98 Å². The Bertz CT molecular complexity index is 1230. The van der Waals surface area contributed by atoms with Gasteiger partial charge in [-0.1, -0.05) is 48.5 Å². The monoisotopic (exact) mass is 481 g/mol. The Morgan fingerprint density at radius 2 is 1.46 bits per heavy atom. The maximum atomic E-state index is 13.6. The van der Waals surface area contributed by atoms with Gasteiger partial charge in [0.1, 0.15) is 5.82 Å². The summed E-state index contributed by atoms with van der Waals surface area (Å²) in [6.07, 6.45) is -1.30. The van der Waals surface area contributed by atoms with Crippen LogP contribution in [0.4, 0.5) is 23.4 Å². The molecule has 1 atom stereocenters. The summed E-state index contributed by atoms with van der Waals surface area (Å²) in [6.45, 7) is 0.586. The van der Waals surface area contributed by atoms with E-state index in [2.05, 4.69) is 10.3 Å². The summed E-state index contributed by atoms with van der Waals surface area (Å²) < 4.78 is 54.4. The third-order valence-corrected chi connectivity index (χ3v) is 5.80. The van der Waals surface area contributed by atoms with Crippen LogP contribution < -0.4 is 10.0 Å². The fourth-order valence-corrected chi connectivity index (χ4v) is 3.95. The average Bonchev–Trinajstić information content (AvgIpc) is 2.87. The van der Waals surface area contributed by atoms with Gasteiger partial charge in [-0.05, 0) is 40.8 Å². The van der Waals surface area contributed by atoms with E-state index in [0.29, 0.717) is 29.1 Å². The number of hydrogen-bond donors (Lipinski definition) is 1. The summed E-state index contributed by atoms with van der Waals surface area (Å²) in [4.78, 5) is 4.47. The van der Waals surface area contributed by atoms with Gasteiger partial charge in [-0.2, -0.15) is 4.73 Å². The Kier molecular flexibility index (Phi) is 7.60. The number of pyridine rings is 2. The number of benzene rings is 2. The first kappa shape index (κ1) is 24.2. The maximum Gasteiger partial charge on any atom is 0.264 e. The maximum absolute atomic E-state index is 13.6. The van der Waals surface area contributed by atoms with E-state index in [1.54, 1.807) is 24.4 Å². The van der Waals surface area contributed by atoms with Crippen molar-refractivity contribution in [3.05, 3.63) is 130 Å². The van der Waals surface area contributed by atoms with E-state index in [4.69, 9.17) is 0 Å². The van der Waals surface area contributed by atoms with Crippen LogP contribution in [0.15, 0.2) is 91.4 Å². The van der Waals surface area contributed by atoms with Crippen LogP contribution in [-0.2, 0) is 13.0 Å². The van der Waals surface area contributed by atoms with Crippen LogP contribution in [0.3, 0.4) is 0 Å². The van der Waals surface area contributed by atoms with Crippen molar-refractivity contribution in [2.45, 2.75) is 31.7 Å². The van der Waals surface area contributed by atoms with Crippen LogP contribution in [0, 0.1) is 5.21 Å². The summed E-state index contributed by atoms with van der Waals surface area (Å²) >= 11 is 0. The Hall–Kier alpha value is -3.94. The molecule has 4 aromatic rings. The van der Waals surface area contributed by atoms with Gasteiger partial charge in [0.15, 0.2) is 12.4 Å². The molecule has 0 saturated carbocycles. The summed E-state index contributed by atoms with van der Waals surface area (Å²) in [5.41, 5.74) is 1.74. The van der Waals surface area contributed by atoms with Crippen molar-refractivity contribution in [1.29, 1.82) is 0 Å². The lowest BCUT2D eigenvalue weighted by Gasteiger charge is -2.20. The van der Waals surface area contributed by atoms with Crippen molar-refractivity contribution < 1.29 is 22.3 Å². The zero-order chi connectivity index (χ0) is 24.8. The van der Waals surface area contributed by atoms with Crippen molar-refractivity contribution in [1.82, 2.24) is 4.98 Å².